The Morgan fingerprint density at radius 3 is 2.58 bits per heavy atom. The second-order valence-electron chi connectivity index (χ2n) is 4.72. The van der Waals surface area contributed by atoms with Crippen molar-refractivity contribution in [3.8, 4) is 0 Å². The van der Waals surface area contributed by atoms with Crippen molar-refractivity contribution < 1.29 is 19.0 Å². The topological polar surface area (TPSA) is 46.5 Å². The number of rotatable bonds is 7. The summed E-state index contributed by atoms with van der Waals surface area (Å²) in [5, 5.41) is 9.52. The molecule has 2 unspecified atom stereocenters. The summed E-state index contributed by atoms with van der Waals surface area (Å²) in [6, 6.07) is 8.98. The Labute approximate surface area is 113 Å². The lowest BCUT2D eigenvalue weighted by molar-refractivity contribution is -0.155. The number of benzene rings is 1. The van der Waals surface area contributed by atoms with Gasteiger partial charge < -0.3 is 9.84 Å². The van der Waals surface area contributed by atoms with Crippen molar-refractivity contribution in [3.05, 3.63) is 35.9 Å². The van der Waals surface area contributed by atoms with Crippen LogP contribution >= 0.6 is 0 Å². The largest absolute Gasteiger partial charge is 0.467 e. The molecule has 0 saturated heterocycles. The zero-order chi connectivity index (χ0) is 14.3. The number of hydrogen-bond donors (Lipinski definition) is 1. The van der Waals surface area contributed by atoms with Gasteiger partial charge in [0, 0.05) is 6.42 Å². The fourth-order valence-corrected chi connectivity index (χ4v) is 1.96. The van der Waals surface area contributed by atoms with E-state index in [9.17, 15) is 14.3 Å². The molecule has 0 heterocycles. The van der Waals surface area contributed by atoms with Crippen LogP contribution in [0.5, 0.6) is 0 Å². The molecule has 1 N–H and O–H groups in total. The highest BCUT2D eigenvalue weighted by Gasteiger charge is 2.40. The van der Waals surface area contributed by atoms with Gasteiger partial charge in [-0.3, -0.25) is 0 Å². The van der Waals surface area contributed by atoms with Gasteiger partial charge in [-0.2, -0.15) is 0 Å². The maximum atomic E-state index is 14.8. The van der Waals surface area contributed by atoms with Gasteiger partial charge in [0.1, 0.15) is 0 Å². The van der Waals surface area contributed by atoms with Gasteiger partial charge in [-0.15, -0.1) is 0 Å². The number of methoxy groups -OCH3 is 1. The quantitative estimate of drug-likeness (QED) is 0.773. The number of carbonyl (C=O) groups excluding carboxylic acids is 1. The van der Waals surface area contributed by atoms with Crippen molar-refractivity contribution in [1.82, 2.24) is 0 Å². The van der Waals surface area contributed by atoms with Gasteiger partial charge in [0.25, 0.3) is 0 Å². The first-order valence-corrected chi connectivity index (χ1v) is 6.51. The van der Waals surface area contributed by atoms with Gasteiger partial charge in [-0.1, -0.05) is 37.3 Å². The number of aliphatic hydroxyl groups is 1. The van der Waals surface area contributed by atoms with Crippen molar-refractivity contribution in [1.29, 1.82) is 0 Å². The van der Waals surface area contributed by atoms with Crippen molar-refractivity contribution in [3.63, 3.8) is 0 Å². The third-order valence-electron chi connectivity index (χ3n) is 3.22. The van der Waals surface area contributed by atoms with Gasteiger partial charge in [0.2, 0.25) is 5.67 Å². The molecule has 0 aromatic heterocycles. The summed E-state index contributed by atoms with van der Waals surface area (Å²) in [7, 11) is 1.18. The van der Waals surface area contributed by atoms with Crippen LogP contribution in [0.25, 0.3) is 0 Å². The zero-order valence-corrected chi connectivity index (χ0v) is 11.4. The minimum absolute atomic E-state index is 0.0308. The molecule has 0 aliphatic rings. The van der Waals surface area contributed by atoms with E-state index < -0.39 is 17.7 Å². The molecule has 0 radical (unpaired) electrons. The van der Waals surface area contributed by atoms with E-state index in [-0.39, 0.29) is 19.3 Å². The van der Waals surface area contributed by atoms with E-state index >= 15 is 0 Å². The highest BCUT2D eigenvalue weighted by Crippen LogP contribution is 2.26. The number of carbonyl (C=O) groups is 1. The Bertz CT molecular complexity index is 394. The van der Waals surface area contributed by atoms with Crippen LogP contribution in [-0.4, -0.2) is 30.0 Å². The number of halogens is 1. The molecule has 2 atom stereocenters. The second kappa shape index (κ2) is 7.24. The molecule has 0 fully saturated rings. The van der Waals surface area contributed by atoms with Crippen molar-refractivity contribution in [2.24, 2.45) is 0 Å². The molecule has 1 aromatic carbocycles. The summed E-state index contributed by atoms with van der Waals surface area (Å²) >= 11 is 0. The molecule has 0 amide bonds. The molecule has 19 heavy (non-hydrogen) atoms. The normalized spacial score (nSPS) is 15.6. The van der Waals surface area contributed by atoms with Crippen LogP contribution in [-0.2, 0) is 16.0 Å². The van der Waals surface area contributed by atoms with Crippen molar-refractivity contribution >= 4 is 5.97 Å². The Hall–Kier alpha value is -1.42. The first-order chi connectivity index (χ1) is 9.01. The molecular weight excluding hydrogens is 247 g/mol. The molecular formula is C15H21FO3. The van der Waals surface area contributed by atoms with Gasteiger partial charge in [0.05, 0.1) is 13.2 Å². The van der Waals surface area contributed by atoms with Gasteiger partial charge in [-0.05, 0) is 24.8 Å². The van der Waals surface area contributed by atoms with Crippen LogP contribution in [0.15, 0.2) is 30.3 Å². The van der Waals surface area contributed by atoms with Crippen molar-refractivity contribution in [2.45, 2.75) is 44.4 Å². The minimum Gasteiger partial charge on any atom is -0.467 e. The summed E-state index contributed by atoms with van der Waals surface area (Å²) in [5.74, 6) is -0.875. The number of ether oxygens (including phenoxy) is 1. The Morgan fingerprint density at radius 1 is 1.42 bits per heavy atom. The van der Waals surface area contributed by atoms with E-state index in [0.717, 1.165) is 5.56 Å². The summed E-state index contributed by atoms with van der Waals surface area (Å²) in [6.45, 7) is 1.82. The fourth-order valence-electron chi connectivity index (χ4n) is 1.96. The molecule has 3 nitrogen and oxygen atoms in total. The zero-order valence-electron chi connectivity index (χ0n) is 11.4. The van der Waals surface area contributed by atoms with Crippen LogP contribution in [0, 0.1) is 0 Å². The first kappa shape index (κ1) is 15.6. The monoisotopic (exact) mass is 268 g/mol. The summed E-state index contributed by atoms with van der Waals surface area (Å²) in [6.07, 6.45) is 0.133. The lowest BCUT2D eigenvalue weighted by atomic mass is 9.90. The average Bonchev–Trinajstić information content (AvgIpc) is 2.44. The second-order valence-corrected chi connectivity index (χ2v) is 4.72. The van der Waals surface area contributed by atoms with E-state index in [0.29, 0.717) is 6.42 Å². The molecule has 0 aliphatic carbocycles. The number of hydrogen-bond acceptors (Lipinski definition) is 3. The smallest absolute Gasteiger partial charge is 0.343 e. The molecule has 106 valence electrons. The van der Waals surface area contributed by atoms with Crippen molar-refractivity contribution in [2.75, 3.05) is 7.11 Å². The highest BCUT2D eigenvalue weighted by molar-refractivity contribution is 5.79. The van der Waals surface area contributed by atoms with Crippen LogP contribution in [0.3, 0.4) is 0 Å². The van der Waals surface area contributed by atoms with Gasteiger partial charge in [-0.25, -0.2) is 9.18 Å². The lowest BCUT2D eigenvalue weighted by Gasteiger charge is -2.23. The van der Waals surface area contributed by atoms with Crippen LogP contribution in [0.2, 0.25) is 0 Å². The molecule has 0 spiro atoms. The molecule has 1 rings (SSSR count). The SMILES string of the molecule is CCC(O)CCC(F)(Cc1ccccc1)C(=O)OC. The third kappa shape index (κ3) is 4.63. The Kier molecular flexibility index (Phi) is 5.96. The molecule has 1 aromatic rings. The summed E-state index contributed by atoms with van der Waals surface area (Å²) in [4.78, 5) is 11.7. The standard InChI is InChI=1S/C15H21FO3/c1-3-13(17)9-10-15(16,14(18)19-2)11-12-7-5-4-6-8-12/h4-8,13,17H,3,9-11H2,1-2H3. The molecule has 4 heteroatoms. The first-order valence-electron chi connectivity index (χ1n) is 6.51. The van der Waals surface area contributed by atoms with E-state index in [2.05, 4.69) is 4.74 Å². The number of aliphatic hydroxyl groups excluding tert-OH is 1. The van der Waals surface area contributed by atoms with E-state index in [1.165, 1.54) is 7.11 Å². The van der Waals surface area contributed by atoms with E-state index in [1.54, 1.807) is 24.3 Å². The third-order valence-corrected chi connectivity index (χ3v) is 3.22. The Morgan fingerprint density at radius 2 is 2.05 bits per heavy atom. The predicted molar refractivity (Wildman–Crippen MR) is 71.5 cm³/mol. The minimum atomic E-state index is -2.08. The maximum Gasteiger partial charge on any atom is 0.343 e. The Balaban J connectivity index is 2.78. The predicted octanol–water partition coefficient (Wildman–Crippen LogP) is 2.66. The highest BCUT2D eigenvalue weighted by atomic mass is 19.1. The van der Waals surface area contributed by atoms with Crippen LogP contribution < -0.4 is 0 Å². The fraction of sp³-hybridized carbons (Fsp3) is 0.533. The lowest BCUT2D eigenvalue weighted by Crippen LogP contribution is -2.38. The average molecular weight is 268 g/mol. The molecule has 0 aliphatic heterocycles. The van der Waals surface area contributed by atoms with E-state index in [4.69, 9.17) is 0 Å². The van der Waals surface area contributed by atoms with Gasteiger partial charge >= 0.3 is 5.97 Å². The van der Waals surface area contributed by atoms with Crippen LogP contribution in [0.4, 0.5) is 4.39 Å². The molecule has 0 saturated carbocycles. The summed E-state index contributed by atoms with van der Waals surface area (Å²) in [5.41, 5.74) is -1.34. The maximum absolute atomic E-state index is 14.8. The van der Waals surface area contributed by atoms with Crippen LogP contribution in [0.1, 0.15) is 31.7 Å². The number of alkyl halides is 1. The molecule has 0 bridgehead atoms. The van der Waals surface area contributed by atoms with Gasteiger partial charge in [0.15, 0.2) is 0 Å². The van der Waals surface area contributed by atoms with E-state index in [1.807, 2.05) is 13.0 Å². The number of esters is 1. The summed E-state index contributed by atoms with van der Waals surface area (Å²) < 4.78 is 19.3.